The summed E-state index contributed by atoms with van der Waals surface area (Å²) < 4.78 is 6.25. The van der Waals surface area contributed by atoms with Crippen LogP contribution in [-0.4, -0.2) is 12.2 Å². The van der Waals surface area contributed by atoms with Crippen molar-refractivity contribution in [1.29, 1.82) is 0 Å². The van der Waals surface area contributed by atoms with Crippen LogP contribution in [0.2, 0.25) is 0 Å². The van der Waals surface area contributed by atoms with Gasteiger partial charge in [-0.2, -0.15) is 0 Å². The Labute approximate surface area is 134 Å². The first-order valence-electron chi connectivity index (χ1n) is 7.00. The first kappa shape index (κ1) is 16.1. The number of aliphatic hydroxyl groups is 1. The van der Waals surface area contributed by atoms with Crippen molar-refractivity contribution in [2.24, 2.45) is 0 Å². The number of rotatable bonds is 4. The van der Waals surface area contributed by atoms with E-state index in [1.54, 1.807) is 7.11 Å². The van der Waals surface area contributed by atoms with Gasteiger partial charge < -0.3 is 9.84 Å². The minimum atomic E-state index is -0.519. The minimum absolute atomic E-state index is 0.519. The summed E-state index contributed by atoms with van der Waals surface area (Å²) in [7, 11) is 1.65. The molecule has 0 saturated heterocycles. The molecule has 21 heavy (non-hydrogen) atoms. The Morgan fingerprint density at radius 2 is 1.71 bits per heavy atom. The smallest absolute Gasteiger partial charge is 0.119 e. The summed E-state index contributed by atoms with van der Waals surface area (Å²) in [5.74, 6) is 0.803. The predicted octanol–water partition coefficient (Wildman–Crippen LogP) is 4.66. The van der Waals surface area contributed by atoms with Gasteiger partial charge >= 0.3 is 0 Å². The zero-order valence-corrected chi connectivity index (χ0v) is 14.5. The topological polar surface area (TPSA) is 29.5 Å². The summed E-state index contributed by atoms with van der Waals surface area (Å²) in [6, 6.07) is 10.1. The Bertz CT molecular complexity index is 627. The van der Waals surface area contributed by atoms with E-state index in [0.717, 1.165) is 32.5 Å². The van der Waals surface area contributed by atoms with E-state index in [1.807, 2.05) is 18.2 Å². The second kappa shape index (κ2) is 6.63. The van der Waals surface area contributed by atoms with E-state index in [4.69, 9.17) is 4.74 Å². The van der Waals surface area contributed by atoms with Crippen LogP contribution < -0.4 is 4.74 Å². The van der Waals surface area contributed by atoms with Gasteiger partial charge in [-0.3, -0.25) is 0 Å². The molecule has 2 rings (SSSR count). The van der Waals surface area contributed by atoms with Crippen molar-refractivity contribution in [3.05, 3.63) is 62.6 Å². The summed E-state index contributed by atoms with van der Waals surface area (Å²) >= 11 is 3.54. The van der Waals surface area contributed by atoms with E-state index in [1.165, 1.54) is 5.56 Å². The molecule has 3 heteroatoms. The fraction of sp³-hybridized carbons (Fsp3) is 0.333. The fourth-order valence-electron chi connectivity index (χ4n) is 2.86. The maximum absolute atomic E-state index is 10.7. The van der Waals surface area contributed by atoms with Crippen LogP contribution in [0.1, 0.15) is 33.9 Å². The molecule has 2 aromatic rings. The van der Waals surface area contributed by atoms with Crippen molar-refractivity contribution in [2.45, 2.75) is 33.3 Å². The Morgan fingerprint density at radius 1 is 1.10 bits per heavy atom. The van der Waals surface area contributed by atoms with Crippen LogP contribution in [0.25, 0.3) is 0 Å². The van der Waals surface area contributed by atoms with Crippen LogP contribution >= 0.6 is 15.9 Å². The number of ether oxygens (including phenoxy) is 1. The molecule has 1 N–H and O–H groups in total. The van der Waals surface area contributed by atoms with Crippen molar-refractivity contribution < 1.29 is 9.84 Å². The molecule has 1 atom stereocenters. The maximum atomic E-state index is 10.7. The van der Waals surface area contributed by atoms with Crippen molar-refractivity contribution in [3.8, 4) is 5.75 Å². The Kier molecular flexibility index (Phi) is 5.07. The molecule has 0 spiro atoms. The van der Waals surface area contributed by atoms with Crippen molar-refractivity contribution in [2.75, 3.05) is 7.11 Å². The van der Waals surface area contributed by atoms with Gasteiger partial charge in [0.1, 0.15) is 5.75 Å². The molecule has 0 aliphatic heterocycles. The predicted molar refractivity (Wildman–Crippen MR) is 90.0 cm³/mol. The normalized spacial score (nSPS) is 12.3. The number of methoxy groups -OCH3 is 1. The first-order valence-corrected chi connectivity index (χ1v) is 7.80. The quantitative estimate of drug-likeness (QED) is 0.870. The third kappa shape index (κ3) is 3.66. The van der Waals surface area contributed by atoms with Crippen LogP contribution in [0.5, 0.6) is 5.75 Å². The van der Waals surface area contributed by atoms with Gasteiger partial charge in [0.25, 0.3) is 0 Å². The molecule has 0 saturated carbocycles. The van der Waals surface area contributed by atoms with Gasteiger partial charge in [0.2, 0.25) is 0 Å². The molecule has 0 radical (unpaired) electrons. The molecule has 0 fully saturated rings. The second-order valence-corrected chi connectivity index (χ2v) is 6.34. The molecule has 0 aromatic heterocycles. The van der Waals surface area contributed by atoms with Gasteiger partial charge in [-0.1, -0.05) is 33.6 Å². The SMILES string of the molecule is COc1ccc(Br)c(CC(O)c2c(C)cc(C)cc2C)c1. The Morgan fingerprint density at radius 3 is 2.29 bits per heavy atom. The average molecular weight is 349 g/mol. The molecule has 2 nitrogen and oxygen atoms in total. The van der Waals surface area contributed by atoms with Gasteiger partial charge in [0.05, 0.1) is 13.2 Å². The van der Waals surface area contributed by atoms with Crippen LogP contribution in [0.15, 0.2) is 34.8 Å². The number of hydrogen-bond donors (Lipinski definition) is 1. The largest absolute Gasteiger partial charge is 0.497 e. The summed E-state index contributed by atoms with van der Waals surface area (Å²) in [6.07, 6.45) is 0.0386. The number of aliphatic hydroxyl groups excluding tert-OH is 1. The summed E-state index contributed by atoms with van der Waals surface area (Å²) in [5.41, 5.74) is 5.57. The highest BCUT2D eigenvalue weighted by atomic mass is 79.9. The van der Waals surface area contributed by atoms with E-state index in [-0.39, 0.29) is 0 Å². The van der Waals surface area contributed by atoms with Gasteiger partial charge in [0.15, 0.2) is 0 Å². The van der Waals surface area contributed by atoms with Gasteiger partial charge in [0, 0.05) is 10.9 Å². The lowest BCUT2D eigenvalue weighted by Crippen LogP contribution is -2.07. The molecule has 1 unspecified atom stereocenters. The summed E-state index contributed by atoms with van der Waals surface area (Å²) in [6.45, 7) is 6.19. The molecule has 0 bridgehead atoms. The molecular formula is C18H21BrO2. The highest BCUT2D eigenvalue weighted by molar-refractivity contribution is 9.10. The number of hydrogen-bond acceptors (Lipinski definition) is 2. The van der Waals surface area contributed by atoms with Crippen LogP contribution in [-0.2, 0) is 6.42 Å². The third-order valence-corrected chi connectivity index (χ3v) is 4.51. The molecule has 0 amide bonds. The lowest BCUT2D eigenvalue weighted by Gasteiger charge is -2.18. The van der Waals surface area contributed by atoms with E-state index in [0.29, 0.717) is 6.42 Å². The molecule has 112 valence electrons. The highest BCUT2D eigenvalue weighted by Crippen LogP contribution is 2.30. The zero-order valence-electron chi connectivity index (χ0n) is 12.9. The summed E-state index contributed by atoms with van der Waals surface area (Å²) in [4.78, 5) is 0. The maximum Gasteiger partial charge on any atom is 0.119 e. The standard InChI is InChI=1S/C18H21BrO2/c1-11-7-12(2)18(13(3)8-11)17(20)10-14-9-15(21-4)5-6-16(14)19/h5-9,17,20H,10H2,1-4H3. The Hall–Kier alpha value is -1.32. The summed E-state index contributed by atoms with van der Waals surface area (Å²) in [5, 5.41) is 10.7. The van der Waals surface area contributed by atoms with Crippen LogP contribution in [0, 0.1) is 20.8 Å². The molecule has 2 aromatic carbocycles. The first-order chi connectivity index (χ1) is 9.92. The average Bonchev–Trinajstić information content (AvgIpc) is 2.40. The monoisotopic (exact) mass is 348 g/mol. The van der Waals surface area contributed by atoms with Gasteiger partial charge in [-0.05, 0) is 61.2 Å². The highest BCUT2D eigenvalue weighted by Gasteiger charge is 2.16. The lowest BCUT2D eigenvalue weighted by atomic mass is 9.92. The lowest BCUT2D eigenvalue weighted by molar-refractivity contribution is 0.176. The van der Waals surface area contributed by atoms with Crippen molar-refractivity contribution in [1.82, 2.24) is 0 Å². The second-order valence-electron chi connectivity index (χ2n) is 5.49. The third-order valence-electron chi connectivity index (χ3n) is 3.74. The van der Waals surface area contributed by atoms with Crippen LogP contribution in [0.4, 0.5) is 0 Å². The van der Waals surface area contributed by atoms with Gasteiger partial charge in [-0.15, -0.1) is 0 Å². The van der Waals surface area contributed by atoms with Gasteiger partial charge in [-0.25, -0.2) is 0 Å². The van der Waals surface area contributed by atoms with Crippen LogP contribution in [0.3, 0.4) is 0 Å². The fourth-order valence-corrected chi connectivity index (χ4v) is 3.27. The van der Waals surface area contributed by atoms with Crippen molar-refractivity contribution >= 4 is 15.9 Å². The van der Waals surface area contributed by atoms with E-state index in [9.17, 15) is 5.11 Å². The molecule has 0 heterocycles. The van der Waals surface area contributed by atoms with E-state index in [2.05, 4.69) is 48.8 Å². The number of aryl methyl sites for hydroxylation is 3. The molecule has 0 aliphatic carbocycles. The minimum Gasteiger partial charge on any atom is -0.497 e. The van der Waals surface area contributed by atoms with E-state index < -0.39 is 6.10 Å². The number of halogens is 1. The Balaban J connectivity index is 2.32. The van der Waals surface area contributed by atoms with E-state index >= 15 is 0 Å². The number of benzene rings is 2. The zero-order chi connectivity index (χ0) is 15.6. The molecule has 0 aliphatic rings. The van der Waals surface area contributed by atoms with Crippen molar-refractivity contribution in [3.63, 3.8) is 0 Å². The molecular weight excluding hydrogens is 328 g/mol.